The second-order valence-electron chi connectivity index (χ2n) is 10.5. The lowest BCUT2D eigenvalue weighted by atomic mass is 9.79. The highest BCUT2D eigenvalue weighted by Gasteiger charge is 2.49. The van der Waals surface area contributed by atoms with Gasteiger partial charge in [-0.05, 0) is 69.7 Å². The highest BCUT2D eigenvalue weighted by Crippen LogP contribution is 2.46. The van der Waals surface area contributed by atoms with Crippen molar-refractivity contribution in [1.82, 2.24) is 4.90 Å². The molecular weight excluding hydrogens is 443 g/mol. The molecule has 5 rings (SSSR count). The molecule has 0 radical (unpaired) electrons. The summed E-state index contributed by atoms with van der Waals surface area (Å²) in [4.78, 5) is 19.3. The van der Waals surface area contributed by atoms with Crippen LogP contribution in [-0.4, -0.2) is 62.3 Å². The van der Waals surface area contributed by atoms with Crippen molar-refractivity contribution >= 4 is 17.3 Å². The first-order valence-corrected chi connectivity index (χ1v) is 12.9. The molecule has 1 amide bonds. The molecule has 4 heterocycles. The van der Waals surface area contributed by atoms with Crippen LogP contribution in [0, 0.1) is 5.41 Å². The van der Waals surface area contributed by atoms with Gasteiger partial charge >= 0.3 is 6.18 Å². The molecule has 0 saturated carbocycles. The number of alkyl halides is 3. The number of benzene rings is 1. The lowest BCUT2D eigenvalue weighted by Gasteiger charge is -2.32. The van der Waals surface area contributed by atoms with Crippen LogP contribution in [0.2, 0.25) is 0 Å². The van der Waals surface area contributed by atoms with Gasteiger partial charge in [-0.1, -0.05) is 13.3 Å². The van der Waals surface area contributed by atoms with E-state index in [9.17, 15) is 18.0 Å². The first kappa shape index (κ1) is 23.9. The van der Waals surface area contributed by atoms with Crippen molar-refractivity contribution in [2.24, 2.45) is 5.41 Å². The fourth-order valence-electron chi connectivity index (χ4n) is 6.69. The number of carbonyl (C=O) groups excluding carboxylic acids is 1. The van der Waals surface area contributed by atoms with Gasteiger partial charge in [0.2, 0.25) is 5.91 Å². The molecule has 2 unspecified atom stereocenters. The van der Waals surface area contributed by atoms with E-state index in [2.05, 4.69) is 16.7 Å². The van der Waals surface area contributed by atoms with Crippen LogP contribution in [0.4, 0.5) is 24.5 Å². The molecule has 188 valence electrons. The summed E-state index contributed by atoms with van der Waals surface area (Å²) in [5, 5.41) is 0. The number of hydrogen-bond acceptors (Lipinski definition) is 4. The zero-order valence-corrected chi connectivity index (χ0v) is 20.1. The Kier molecular flexibility index (Phi) is 6.57. The molecule has 0 aliphatic carbocycles. The largest absolute Gasteiger partial charge is 0.418 e. The predicted octanol–water partition coefficient (Wildman–Crippen LogP) is 5.08. The van der Waals surface area contributed by atoms with Gasteiger partial charge < -0.3 is 14.5 Å². The molecule has 4 aliphatic rings. The van der Waals surface area contributed by atoms with Crippen molar-refractivity contribution in [1.29, 1.82) is 0 Å². The monoisotopic (exact) mass is 479 g/mol. The number of anilines is 2. The Morgan fingerprint density at radius 3 is 2.62 bits per heavy atom. The van der Waals surface area contributed by atoms with Crippen LogP contribution in [0.15, 0.2) is 18.2 Å². The summed E-state index contributed by atoms with van der Waals surface area (Å²) < 4.78 is 48.0. The van der Waals surface area contributed by atoms with Gasteiger partial charge in [-0.3, -0.25) is 9.69 Å². The van der Waals surface area contributed by atoms with E-state index in [4.69, 9.17) is 4.74 Å². The fraction of sp³-hybridized carbons (Fsp3) is 0.731. The maximum absolute atomic E-state index is 14.2. The van der Waals surface area contributed by atoms with Crippen LogP contribution >= 0.6 is 0 Å². The van der Waals surface area contributed by atoms with Crippen LogP contribution in [0.5, 0.6) is 0 Å². The Balaban J connectivity index is 1.36. The first-order valence-electron chi connectivity index (χ1n) is 12.9. The van der Waals surface area contributed by atoms with Crippen molar-refractivity contribution in [2.45, 2.75) is 76.6 Å². The SMILES string of the molecule is CCCC1CCCN1C1CCN(c2ccc(N3CCC4(CCOCC4)C3=O)c(C(F)(F)F)c2)C1. The van der Waals surface area contributed by atoms with Crippen LogP contribution in [0.25, 0.3) is 0 Å². The summed E-state index contributed by atoms with van der Waals surface area (Å²) in [6.07, 6.45) is 3.05. The molecule has 0 aromatic heterocycles. The van der Waals surface area contributed by atoms with E-state index < -0.39 is 17.2 Å². The standard InChI is InChI=1S/C26H36F3N3O2/c1-2-4-19-5-3-12-31(19)21-8-13-30(18-21)20-6-7-23(22(17-20)26(27,28)29)32-14-9-25(24(32)33)10-15-34-16-11-25/h6-7,17,19,21H,2-5,8-16,18H2,1H3. The normalized spacial score (nSPS) is 27.9. The molecule has 1 spiro atoms. The Morgan fingerprint density at radius 2 is 1.88 bits per heavy atom. The highest BCUT2D eigenvalue weighted by atomic mass is 19.4. The lowest BCUT2D eigenvalue weighted by molar-refractivity contribution is -0.137. The summed E-state index contributed by atoms with van der Waals surface area (Å²) in [6.45, 7) is 6.17. The maximum atomic E-state index is 14.2. The molecule has 4 fully saturated rings. The molecule has 5 nitrogen and oxygen atoms in total. The van der Waals surface area contributed by atoms with E-state index in [1.807, 2.05) is 0 Å². The second kappa shape index (κ2) is 9.34. The number of carbonyl (C=O) groups is 1. The fourth-order valence-corrected chi connectivity index (χ4v) is 6.69. The third kappa shape index (κ3) is 4.32. The van der Waals surface area contributed by atoms with Crippen LogP contribution in [0.3, 0.4) is 0 Å². The van der Waals surface area contributed by atoms with E-state index in [-0.39, 0.29) is 11.6 Å². The van der Waals surface area contributed by atoms with Gasteiger partial charge in [0.25, 0.3) is 0 Å². The Hall–Kier alpha value is -1.80. The van der Waals surface area contributed by atoms with Gasteiger partial charge in [-0.15, -0.1) is 0 Å². The molecule has 0 bridgehead atoms. The average molecular weight is 480 g/mol. The van der Waals surface area contributed by atoms with E-state index in [1.165, 1.54) is 36.3 Å². The molecule has 4 saturated heterocycles. The Morgan fingerprint density at radius 1 is 1.09 bits per heavy atom. The van der Waals surface area contributed by atoms with Gasteiger partial charge in [0.1, 0.15) is 0 Å². The van der Waals surface area contributed by atoms with E-state index in [1.54, 1.807) is 6.07 Å². The smallest absolute Gasteiger partial charge is 0.381 e. The third-order valence-corrected chi connectivity index (χ3v) is 8.58. The van der Waals surface area contributed by atoms with Crippen molar-refractivity contribution in [3.8, 4) is 0 Å². The van der Waals surface area contributed by atoms with Crippen molar-refractivity contribution in [3.05, 3.63) is 23.8 Å². The number of halogens is 3. The third-order valence-electron chi connectivity index (χ3n) is 8.58. The number of likely N-dealkylation sites (tertiary alicyclic amines) is 1. The molecule has 8 heteroatoms. The van der Waals surface area contributed by atoms with Crippen LogP contribution < -0.4 is 9.80 Å². The minimum Gasteiger partial charge on any atom is -0.381 e. The summed E-state index contributed by atoms with van der Waals surface area (Å²) in [5.74, 6) is -0.175. The van der Waals surface area contributed by atoms with Crippen molar-refractivity contribution in [2.75, 3.05) is 49.2 Å². The number of hydrogen-bond donors (Lipinski definition) is 0. The lowest BCUT2D eigenvalue weighted by Crippen LogP contribution is -2.41. The number of amides is 1. The van der Waals surface area contributed by atoms with Gasteiger partial charge in [0.05, 0.1) is 16.7 Å². The quantitative estimate of drug-likeness (QED) is 0.590. The summed E-state index contributed by atoms with van der Waals surface area (Å²) >= 11 is 0. The second-order valence-corrected chi connectivity index (χ2v) is 10.5. The summed E-state index contributed by atoms with van der Waals surface area (Å²) in [5.41, 5.74) is -0.650. The Labute approximate surface area is 200 Å². The minimum atomic E-state index is -4.52. The topological polar surface area (TPSA) is 36.0 Å². The average Bonchev–Trinajstić information content (AvgIpc) is 3.54. The first-order chi connectivity index (χ1) is 16.3. The molecule has 4 aliphatic heterocycles. The molecule has 0 N–H and O–H groups in total. The minimum absolute atomic E-state index is 0.00270. The van der Waals surface area contributed by atoms with Crippen LogP contribution in [-0.2, 0) is 15.7 Å². The van der Waals surface area contributed by atoms with Crippen LogP contribution in [0.1, 0.15) is 63.9 Å². The predicted molar refractivity (Wildman–Crippen MR) is 126 cm³/mol. The summed E-state index contributed by atoms with van der Waals surface area (Å²) in [6, 6.07) is 5.59. The summed E-state index contributed by atoms with van der Waals surface area (Å²) in [7, 11) is 0. The molecule has 1 aromatic rings. The number of nitrogens with zero attached hydrogens (tertiary/aromatic N) is 3. The maximum Gasteiger partial charge on any atom is 0.418 e. The van der Waals surface area contributed by atoms with Crippen molar-refractivity contribution in [3.63, 3.8) is 0 Å². The van der Waals surface area contributed by atoms with Gasteiger partial charge in [0, 0.05) is 50.6 Å². The zero-order valence-electron chi connectivity index (χ0n) is 20.1. The Bertz CT molecular complexity index is 900. The zero-order chi connectivity index (χ0) is 23.9. The van der Waals surface area contributed by atoms with Gasteiger partial charge in [-0.2, -0.15) is 13.2 Å². The van der Waals surface area contributed by atoms with Gasteiger partial charge in [0.15, 0.2) is 0 Å². The van der Waals surface area contributed by atoms with E-state index in [0.29, 0.717) is 56.8 Å². The van der Waals surface area contributed by atoms with E-state index >= 15 is 0 Å². The molecule has 34 heavy (non-hydrogen) atoms. The molecular formula is C26H36F3N3O2. The highest BCUT2D eigenvalue weighted by molar-refractivity contribution is 6.00. The van der Waals surface area contributed by atoms with E-state index in [0.717, 1.165) is 32.5 Å². The molecule has 2 atom stereocenters. The van der Waals surface area contributed by atoms with Gasteiger partial charge in [-0.25, -0.2) is 0 Å². The van der Waals surface area contributed by atoms with Crippen molar-refractivity contribution < 1.29 is 22.7 Å². The number of rotatable bonds is 5. The number of ether oxygens (including phenoxy) is 1. The molecule has 1 aromatic carbocycles.